The summed E-state index contributed by atoms with van der Waals surface area (Å²) in [7, 11) is 0. The molecule has 0 N–H and O–H groups in total. The highest BCUT2D eigenvalue weighted by atomic mass is 35.5. The fourth-order valence-corrected chi connectivity index (χ4v) is 1.73. The third-order valence-corrected chi connectivity index (χ3v) is 2.99. The molecule has 3 nitrogen and oxygen atoms in total. The first kappa shape index (κ1) is 11.6. The van der Waals surface area contributed by atoms with Gasteiger partial charge in [-0.05, 0) is 41.8 Å². The number of nitro groups is 1. The van der Waals surface area contributed by atoms with E-state index in [0.717, 1.165) is 16.7 Å². The van der Waals surface area contributed by atoms with Gasteiger partial charge in [-0.2, -0.15) is 0 Å². The summed E-state index contributed by atoms with van der Waals surface area (Å²) < 4.78 is 0. The van der Waals surface area contributed by atoms with Gasteiger partial charge in [0.15, 0.2) is 0 Å². The maximum absolute atomic E-state index is 10.5. The molecule has 0 aliphatic rings. The first-order valence-electron chi connectivity index (χ1n) is 5.09. The summed E-state index contributed by atoms with van der Waals surface area (Å²) in [6, 6.07) is 12.2. The Labute approximate surface area is 104 Å². The molecule has 2 rings (SSSR count). The van der Waals surface area contributed by atoms with Gasteiger partial charge >= 0.3 is 0 Å². The molecule has 17 heavy (non-hydrogen) atoms. The second-order valence-electron chi connectivity index (χ2n) is 3.77. The Morgan fingerprint density at radius 2 is 1.65 bits per heavy atom. The van der Waals surface area contributed by atoms with Gasteiger partial charge in [0.25, 0.3) is 5.69 Å². The highest BCUT2D eigenvalue weighted by Crippen LogP contribution is 2.26. The second kappa shape index (κ2) is 4.55. The van der Waals surface area contributed by atoms with Crippen molar-refractivity contribution in [3.05, 3.63) is 63.2 Å². The lowest BCUT2D eigenvalue weighted by Crippen LogP contribution is -1.87. The van der Waals surface area contributed by atoms with Crippen LogP contribution in [-0.2, 0) is 0 Å². The van der Waals surface area contributed by atoms with E-state index < -0.39 is 4.92 Å². The van der Waals surface area contributed by atoms with E-state index in [0.29, 0.717) is 5.02 Å². The number of hydrogen-bond donors (Lipinski definition) is 0. The fourth-order valence-electron chi connectivity index (χ4n) is 1.55. The number of non-ortho nitro benzene ring substituents is 1. The van der Waals surface area contributed by atoms with Crippen LogP contribution in [-0.4, -0.2) is 4.92 Å². The third kappa shape index (κ3) is 2.45. The van der Waals surface area contributed by atoms with Crippen LogP contribution >= 0.6 is 11.6 Å². The van der Waals surface area contributed by atoms with Gasteiger partial charge in [-0.15, -0.1) is 0 Å². The Balaban J connectivity index is 2.39. The van der Waals surface area contributed by atoms with Crippen molar-refractivity contribution < 1.29 is 4.92 Å². The van der Waals surface area contributed by atoms with Crippen molar-refractivity contribution in [1.82, 2.24) is 0 Å². The number of nitro benzene ring substituents is 1. The van der Waals surface area contributed by atoms with Gasteiger partial charge in [0.2, 0.25) is 0 Å². The molecule has 0 unspecified atom stereocenters. The van der Waals surface area contributed by atoms with Gasteiger partial charge in [-0.25, -0.2) is 0 Å². The average Bonchev–Trinajstić information content (AvgIpc) is 2.33. The van der Waals surface area contributed by atoms with Crippen LogP contribution in [0.1, 0.15) is 5.56 Å². The molecule has 0 aliphatic carbocycles. The minimum atomic E-state index is -0.411. The standard InChI is InChI=1S/C13H10ClNO2/c1-9-2-3-11(8-13(9)14)10-4-6-12(7-5-10)15(16)17/h2-8H,1H3. The molecule has 0 amide bonds. The predicted octanol–water partition coefficient (Wildman–Crippen LogP) is 4.22. The normalized spacial score (nSPS) is 10.2. The summed E-state index contributed by atoms with van der Waals surface area (Å²) in [5.74, 6) is 0. The Morgan fingerprint density at radius 1 is 1.06 bits per heavy atom. The summed E-state index contributed by atoms with van der Waals surface area (Å²) >= 11 is 6.04. The number of aryl methyl sites for hydroxylation is 1. The molecule has 0 heterocycles. The zero-order valence-electron chi connectivity index (χ0n) is 9.18. The number of rotatable bonds is 2. The Kier molecular flexibility index (Phi) is 3.11. The van der Waals surface area contributed by atoms with Crippen molar-refractivity contribution in [2.24, 2.45) is 0 Å². The van der Waals surface area contributed by atoms with E-state index in [1.807, 2.05) is 25.1 Å². The molecule has 2 aromatic rings. The minimum Gasteiger partial charge on any atom is -0.258 e. The van der Waals surface area contributed by atoms with Gasteiger partial charge in [0.1, 0.15) is 0 Å². The zero-order valence-corrected chi connectivity index (χ0v) is 9.94. The smallest absolute Gasteiger partial charge is 0.258 e. The Bertz CT molecular complexity index is 564. The van der Waals surface area contributed by atoms with Crippen LogP contribution in [0, 0.1) is 17.0 Å². The Hall–Kier alpha value is -1.87. The number of benzene rings is 2. The van der Waals surface area contributed by atoms with Gasteiger partial charge in [-0.3, -0.25) is 10.1 Å². The fraction of sp³-hybridized carbons (Fsp3) is 0.0769. The van der Waals surface area contributed by atoms with E-state index in [2.05, 4.69) is 0 Å². The topological polar surface area (TPSA) is 43.1 Å². The SMILES string of the molecule is Cc1ccc(-c2ccc([N+](=O)[O-])cc2)cc1Cl. The van der Waals surface area contributed by atoms with Crippen LogP contribution in [0.5, 0.6) is 0 Å². The van der Waals surface area contributed by atoms with Crippen molar-refractivity contribution >= 4 is 17.3 Å². The molecule has 0 saturated carbocycles. The van der Waals surface area contributed by atoms with Gasteiger partial charge in [0.05, 0.1) is 4.92 Å². The monoisotopic (exact) mass is 247 g/mol. The van der Waals surface area contributed by atoms with Crippen molar-refractivity contribution in [2.45, 2.75) is 6.92 Å². The summed E-state index contributed by atoms with van der Waals surface area (Å²) in [6.45, 7) is 1.93. The van der Waals surface area contributed by atoms with E-state index in [1.54, 1.807) is 12.1 Å². The summed E-state index contributed by atoms with van der Waals surface area (Å²) in [5.41, 5.74) is 2.97. The van der Waals surface area contributed by atoms with Crippen LogP contribution in [0.25, 0.3) is 11.1 Å². The molecule has 0 fully saturated rings. The highest BCUT2D eigenvalue weighted by Gasteiger charge is 2.05. The molecule has 4 heteroatoms. The summed E-state index contributed by atoms with van der Waals surface area (Å²) in [4.78, 5) is 10.1. The van der Waals surface area contributed by atoms with Crippen molar-refractivity contribution in [1.29, 1.82) is 0 Å². The molecule has 2 aromatic carbocycles. The van der Waals surface area contributed by atoms with Crippen LogP contribution in [0.15, 0.2) is 42.5 Å². The lowest BCUT2D eigenvalue weighted by molar-refractivity contribution is -0.384. The number of halogens is 1. The molecule has 0 saturated heterocycles. The third-order valence-electron chi connectivity index (χ3n) is 2.58. The van der Waals surface area contributed by atoms with E-state index in [9.17, 15) is 10.1 Å². The van der Waals surface area contributed by atoms with Crippen molar-refractivity contribution in [3.63, 3.8) is 0 Å². The van der Waals surface area contributed by atoms with Gasteiger partial charge in [-0.1, -0.05) is 23.7 Å². The molecular formula is C13H10ClNO2. The molecule has 0 aliphatic heterocycles. The number of nitrogens with zero attached hydrogens (tertiary/aromatic N) is 1. The van der Waals surface area contributed by atoms with Gasteiger partial charge in [0, 0.05) is 17.2 Å². The second-order valence-corrected chi connectivity index (χ2v) is 4.18. The first-order valence-corrected chi connectivity index (χ1v) is 5.47. The molecule has 0 aromatic heterocycles. The Morgan fingerprint density at radius 3 is 2.18 bits per heavy atom. The van der Waals surface area contributed by atoms with Crippen LogP contribution < -0.4 is 0 Å². The van der Waals surface area contributed by atoms with Gasteiger partial charge < -0.3 is 0 Å². The van der Waals surface area contributed by atoms with E-state index in [-0.39, 0.29) is 5.69 Å². The average molecular weight is 248 g/mol. The number of hydrogen-bond acceptors (Lipinski definition) is 2. The molecular weight excluding hydrogens is 238 g/mol. The molecule has 0 radical (unpaired) electrons. The zero-order chi connectivity index (χ0) is 12.4. The molecule has 0 spiro atoms. The summed E-state index contributed by atoms with van der Waals surface area (Å²) in [5, 5.41) is 11.2. The lowest BCUT2D eigenvalue weighted by Gasteiger charge is -2.04. The molecule has 0 bridgehead atoms. The van der Waals surface area contributed by atoms with E-state index in [1.165, 1.54) is 12.1 Å². The van der Waals surface area contributed by atoms with Crippen molar-refractivity contribution in [2.75, 3.05) is 0 Å². The van der Waals surface area contributed by atoms with E-state index in [4.69, 9.17) is 11.6 Å². The lowest BCUT2D eigenvalue weighted by atomic mass is 10.0. The largest absolute Gasteiger partial charge is 0.269 e. The maximum atomic E-state index is 10.5. The quantitative estimate of drug-likeness (QED) is 0.589. The van der Waals surface area contributed by atoms with Crippen LogP contribution in [0.3, 0.4) is 0 Å². The first-order chi connectivity index (χ1) is 8.08. The summed E-state index contributed by atoms with van der Waals surface area (Å²) in [6.07, 6.45) is 0. The van der Waals surface area contributed by atoms with Crippen molar-refractivity contribution in [3.8, 4) is 11.1 Å². The van der Waals surface area contributed by atoms with E-state index >= 15 is 0 Å². The molecule has 0 atom stereocenters. The highest BCUT2D eigenvalue weighted by molar-refractivity contribution is 6.31. The van der Waals surface area contributed by atoms with Crippen LogP contribution in [0.4, 0.5) is 5.69 Å². The maximum Gasteiger partial charge on any atom is 0.269 e. The minimum absolute atomic E-state index is 0.0898. The predicted molar refractivity (Wildman–Crippen MR) is 68.3 cm³/mol. The van der Waals surface area contributed by atoms with Crippen LogP contribution in [0.2, 0.25) is 5.02 Å². The molecule has 86 valence electrons.